The van der Waals surface area contributed by atoms with Crippen molar-refractivity contribution in [3.8, 4) is 17.0 Å². The molecule has 2 aromatic carbocycles. The fourth-order valence-electron chi connectivity index (χ4n) is 2.56. The van der Waals surface area contributed by atoms with Crippen LogP contribution >= 0.6 is 34.5 Å². The van der Waals surface area contributed by atoms with Crippen LogP contribution in [0.2, 0.25) is 10.0 Å². The first-order chi connectivity index (χ1) is 13.5. The van der Waals surface area contributed by atoms with Gasteiger partial charge in [-0.15, -0.1) is 16.4 Å². The number of ether oxygens (including phenoxy) is 1. The number of rotatable bonds is 5. The molecule has 142 valence electrons. The largest absolute Gasteiger partial charge is 0.484 e. The molecule has 9 heteroatoms. The summed E-state index contributed by atoms with van der Waals surface area (Å²) in [6.45, 7) is 1.85. The monoisotopic (exact) mass is 432 g/mol. The lowest BCUT2D eigenvalue weighted by Gasteiger charge is -2.05. The molecule has 0 aliphatic heterocycles. The number of thiazole rings is 1. The highest BCUT2D eigenvalue weighted by molar-refractivity contribution is 7.15. The van der Waals surface area contributed by atoms with E-state index in [1.165, 1.54) is 11.3 Å². The summed E-state index contributed by atoms with van der Waals surface area (Å²) in [5, 5.41) is 9.97. The summed E-state index contributed by atoms with van der Waals surface area (Å²) >= 11 is 13.7. The van der Waals surface area contributed by atoms with Crippen molar-refractivity contribution in [1.29, 1.82) is 0 Å². The highest BCUT2D eigenvalue weighted by Crippen LogP contribution is 2.33. The maximum Gasteiger partial charge on any atom is 0.264 e. The van der Waals surface area contributed by atoms with Crippen molar-refractivity contribution in [2.24, 2.45) is 0 Å². The van der Waals surface area contributed by atoms with Crippen molar-refractivity contribution in [2.75, 3.05) is 11.9 Å². The number of amides is 1. The van der Waals surface area contributed by atoms with Gasteiger partial charge in [0.05, 0.1) is 10.7 Å². The highest BCUT2D eigenvalue weighted by atomic mass is 35.5. The van der Waals surface area contributed by atoms with E-state index in [0.717, 1.165) is 16.8 Å². The third-order valence-corrected chi connectivity index (χ3v) is 5.29. The van der Waals surface area contributed by atoms with Crippen molar-refractivity contribution in [3.05, 3.63) is 63.5 Å². The number of nitrogens with zero attached hydrogens (tertiary/aromatic N) is 3. The van der Waals surface area contributed by atoms with E-state index < -0.39 is 0 Å². The molecule has 0 atom stereocenters. The third kappa shape index (κ3) is 3.96. The van der Waals surface area contributed by atoms with Gasteiger partial charge in [0.2, 0.25) is 4.96 Å². The predicted molar refractivity (Wildman–Crippen MR) is 112 cm³/mol. The molecule has 0 aliphatic rings. The van der Waals surface area contributed by atoms with E-state index in [4.69, 9.17) is 27.9 Å². The van der Waals surface area contributed by atoms with Crippen molar-refractivity contribution in [3.63, 3.8) is 0 Å². The zero-order valence-corrected chi connectivity index (χ0v) is 17.0. The molecule has 2 heterocycles. The van der Waals surface area contributed by atoms with Crippen molar-refractivity contribution >= 4 is 51.4 Å². The molecule has 0 fully saturated rings. The third-order valence-electron chi connectivity index (χ3n) is 3.93. The van der Waals surface area contributed by atoms with Crippen LogP contribution < -0.4 is 10.1 Å². The van der Waals surface area contributed by atoms with E-state index in [1.54, 1.807) is 16.6 Å². The smallest absolute Gasteiger partial charge is 0.264 e. The van der Waals surface area contributed by atoms with Crippen LogP contribution in [0.1, 0.15) is 5.56 Å². The summed E-state index contributed by atoms with van der Waals surface area (Å²) in [7, 11) is 0. The van der Waals surface area contributed by atoms with Crippen LogP contribution in [0, 0.1) is 6.92 Å². The van der Waals surface area contributed by atoms with Crippen LogP contribution in [0.5, 0.6) is 5.75 Å². The molecule has 4 aromatic rings. The Kier molecular flexibility index (Phi) is 5.21. The molecule has 0 saturated heterocycles. The minimum atomic E-state index is -0.343. The molecule has 0 saturated carbocycles. The van der Waals surface area contributed by atoms with Gasteiger partial charge in [0.1, 0.15) is 5.75 Å². The number of carbonyl (C=O) groups excluding carboxylic acids is 1. The van der Waals surface area contributed by atoms with Gasteiger partial charge in [-0.25, -0.2) is 4.52 Å². The van der Waals surface area contributed by atoms with Gasteiger partial charge < -0.3 is 4.74 Å². The van der Waals surface area contributed by atoms with Crippen molar-refractivity contribution in [1.82, 2.24) is 14.6 Å². The number of aryl methyl sites for hydroxylation is 1. The zero-order valence-electron chi connectivity index (χ0n) is 14.6. The number of hydrogen-bond donors (Lipinski definition) is 1. The lowest BCUT2D eigenvalue weighted by molar-refractivity contribution is -0.118. The van der Waals surface area contributed by atoms with Crippen molar-refractivity contribution in [2.45, 2.75) is 6.92 Å². The number of carbonyl (C=O) groups is 1. The second-order valence-electron chi connectivity index (χ2n) is 6.02. The van der Waals surface area contributed by atoms with E-state index in [9.17, 15) is 4.79 Å². The summed E-state index contributed by atoms with van der Waals surface area (Å²) < 4.78 is 7.10. The quantitative estimate of drug-likeness (QED) is 0.476. The highest BCUT2D eigenvalue weighted by Gasteiger charge is 2.15. The Bertz CT molecular complexity index is 1150. The average Bonchev–Trinajstić information content (AvgIpc) is 3.22. The number of fused-ring (bicyclic) bond motifs is 1. The maximum absolute atomic E-state index is 12.1. The van der Waals surface area contributed by atoms with E-state index >= 15 is 0 Å². The summed E-state index contributed by atoms with van der Waals surface area (Å²) in [5.74, 6) is 0.486. The van der Waals surface area contributed by atoms with Gasteiger partial charge >= 0.3 is 0 Å². The van der Waals surface area contributed by atoms with Crippen LogP contribution in [0.4, 0.5) is 5.95 Å². The number of aromatic nitrogens is 3. The molecular weight excluding hydrogens is 419 g/mol. The molecular formula is C19H14Cl2N4O2S. The van der Waals surface area contributed by atoms with Crippen molar-refractivity contribution < 1.29 is 9.53 Å². The first-order valence-electron chi connectivity index (χ1n) is 8.28. The summed E-state index contributed by atoms with van der Waals surface area (Å²) in [6, 6.07) is 12.7. The summed E-state index contributed by atoms with van der Waals surface area (Å²) in [5.41, 5.74) is 2.67. The molecule has 0 aliphatic carbocycles. The molecule has 1 amide bonds. The predicted octanol–water partition coefficient (Wildman–Crippen LogP) is 5.09. The Balaban J connectivity index is 1.48. The van der Waals surface area contributed by atoms with Crippen LogP contribution in [-0.4, -0.2) is 27.1 Å². The molecule has 0 unspecified atom stereocenters. The fourth-order valence-corrected chi connectivity index (χ4v) is 3.89. The van der Waals surface area contributed by atoms with Crippen LogP contribution in [0.15, 0.2) is 47.8 Å². The lowest BCUT2D eigenvalue weighted by Crippen LogP contribution is -2.20. The maximum atomic E-state index is 12.1. The van der Waals surface area contributed by atoms with Gasteiger partial charge in [0.15, 0.2) is 6.61 Å². The second-order valence-corrected chi connectivity index (χ2v) is 7.70. The molecule has 0 spiro atoms. The standard InChI is InChI=1S/C19H14Cl2N4O2S/c1-11-2-5-13(6-3-11)27-9-17(26)22-18-23-19-25(24-18)16(10-28-19)14-7-4-12(20)8-15(14)21/h2-8,10H,9H2,1H3,(H,22,24,26). The Morgan fingerprint density at radius 1 is 1.21 bits per heavy atom. The Morgan fingerprint density at radius 3 is 2.75 bits per heavy atom. The van der Waals surface area contributed by atoms with Crippen LogP contribution in [0.25, 0.3) is 16.2 Å². The van der Waals surface area contributed by atoms with Gasteiger partial charge in [-0.3, -0.25) is 10.1 Å². The van der Waals surface area contributed by atoms with Gasteiger partial charge in [0.25, 0.3) is 11.9 Å². The second kappa shape index (κ2) is 7.79. The molecule has 28 heavy (non-hydrogen) atoms. The average molecular weight is 433 g/mol. The van der Waals surface area contributed by atoms with E-state index in [0.29, 0.717) is 20.8 Å². The van der Waals surface area contributed by atoms with Gasteiger partial charge in [-0.05, 0) is 37.3 Å². The Labute approximate surface area is 174 Å². The minimum Gasteiger partial charge on any atom is -0.484 e. The molecule has 4 rings (SSSR count). The van der Waals surface area contributed by atoms with Crippen LogP contribution in [-0.2, 0) is 4.79 Å². The summed E-state index contributed by atoms with van der Waals surface area (Å²) in [6.07, 6.45) is 0. The lowest BCUT2D eigenvalue weighted by atomic mass is 10.2. The van der Waals surface area contributed by atoms with Gasteiger partial charge in [-0.1, -0.05) is 40.9 Å². The number of benzene rings is 2. The van der Waals surface area contributed by atoms with Gasteiger partial charge in [0, 0.05) is 16.0 Å². The van der Waals surface area contributed by atoms with Crippen LogP contribution in [0.3, 0.4) is 0 Å². The Morgan fingerprint density at radius 2 is 2.00 bits per heavy atom. The number of anilines is 1. The first-order valence-corrected chi connectivity index (χ1v) is 9.92. The topological polar surface area (TPSA) is 68.5 Å². The molecule has 2 aromatic heterocycles. The van der Waals surface area contributed by atoms with E-state index in [1.807, 2.05) is 42.6 Å². The van der Waals surface area contributed by atoms with Gasteiger partial charge in [-0.2, -0.15) is 4.98 Å². The minimum absolute atomic E-state index is 0.133. The number of nitrogens with one attached hydrogen (secondary N) is 1. The molecule has 6 nitrogen and oxygen atoms in total. The molecule has 0 radical (unpaired) electrons. The number of hydrogen-bond acceptors (Lipinski definition) is 5. The first kappa shape index (κ1) is 18.7. The summed E-state index contributed by atoms with van der Waals surface area (Å²) in [4.78, 5) is 17.1. The number of halogens is 2. The van der Waals surface area contributed by atoms with E-state index in [-0.39, 0.29) is 18.5 Å². The normalized spacial score (nSPS) is 11.0. The molecule has 0 bridgehead atoms. The zero-order chi connectivity index (χ0) is 19.7. The Hall–Kier alpha value is -2.61. The fraction of sp³-hybridized carbons (Fsp3) is 0.105. The van der Waals surface area contributed by atoms with E-state index in [2.05, 4.69) is 15.4 Å². The molecule has 1 N–H and O–H groups in total. The SMILES string of the molecule is Cc1ccc(OCC(=O)Nc2nc3scc(-c4ccc(Cl)cc4Cl)n3n2)cc1.